The first-order valence-electron chi connectivity index (χ1n) is 6.29. The van der Waals surface area contributed by atoms with E-state index in [-0.39, 0.29) is 6.04 Å². The molecule has 3 heteroatoms. The summed E-state index contributed by atoms with van der Waals surface area (Å²) in [5.74, 6) is 0. The van der Waals surface area contributed by atoms with Crippen LogP contribution in [0.3, 0.4) is 0 Å². The smallest absolute Gasteiger partial charge is 0.0933 e. The maximum atomic E-state index is 5.54. The molecule has 1 unspecified atom stereocenters. The van der Waals surface area contributed by atoms with Crippen LogP contribution in [0.25, 0.3) is 0 Å². The second-order valence-electron chi connectivity index (χ2n) is 4.27. The summed E-state index contributed by atoms with van der Waals surface area (Å²) in [6.45, 7) is 4.90. The highest BCUT2D eigenvalue weighted by molar-refractivity contribution is 7.12. The van der Waals surface area contributed by atoms with Crippen LogP contribution in [0.1, 0.15) is 35.2 Å². The third-order valence-corrected chi connectivity index (χ3v) is 4.21. The topological polar surface area (TPSA) is 21.3 Å². The summed E-state index contributed by atoms with van der Waals surface area (Å²) in [4.78, 5) is 8.27. The average molecular weight is 261 g/mol. The lowest BCUT2D eigenvalue weighted by atomic mass is 10.2. The Hall–Kier alpha value is -1.16. The number of hydrogen-bond donors (Lipinski definition) is 1. The van der Waals surface area contributed by atoms with E-state index >= 15 is 0 Å². The normalized spacial score (nSPS) is 12.6. The number of thiophene rings is 1. The highest BCUT2D eigenvalue weighted by Crippen LogP contribution is 2.23. The van der Waals surface area contributed by atoms with Gasteiger partial charge in [-0.1, -0.05) is 37.3 Å². The molecule has 1 heterocycles. The molecule has 0 aliphatic carbocycles. The van der Waals surface area contributed by atoms with Gasteiger partial charge in [-0.05, 0) is 31.0 Å². The van der Waals surface area contributed by atoms with Crippen LogP contribution in [0.15, 0.2) is 42.5 Å². The fraction of sp³-hybridized carbons (Fsp3) is 0.333. The van der Waals surface area contributed by atoms with E-state index in [0.29, 0.717) is 6.61 Å². The molecule has 2 rings (SSSR count). The van der Waals surface area contributed by atoms with Crippen LogP contribution in [-0.2, 0) is 17.9 Å². The minimum Gasteiger partial charge on any atom is -0.296 e. The molecular weight excluding hydrogens is 242 g/mol. The Bertz CT molecular complexity index is 466. The third kappa shape index (κ3) is 3.67. The van der Waals surface area contributed by atoms with Crippen LogP contribution in [0.4, 0.5) is 0 Å². The molecular formula is C15H19NOS. The SMILES string of the molecule is CCc1ccc(C(C)NOCc2ccccc2)s1. The van der Waals surface area contributed by atoms with Gasteiger partial charge < -0.3 is 0 Å². The van der Waals surface area contributed by atoms with Crippen LogP contribution < -0.4 is 5.48 Å². The summed E-state index contributed by atoms with van der Waals surface area (Å²) >= 11 is 1.84. The molecule has 0 aliphatic heterocycles. The van der Waals surface area contributed by atoms with Gasteiger partial charge in [0.25, 0.3) is 0 Å². The van der Waals surface area contributed by atoms with E-state index in [9.17, 15) is 0 Å². The van der Waals surface area contributed by atoms with Gasteiger partial charge in [0.1, 0.15) is 0 Å². The maximum absolute atomic E-state index is 5.54. The molecule has 96 valence electrons. The van der Waals surface area contributed by atoms with Crippen molar-refractivity contribution in [2.24, 2.45) is 0 Å². The van der Waals surface area contributed by atoms with Gasteiger partial charge in [0.15, 0.2) is 0 Å². The van der Waals surface area contributed by atoms with Crippen molar-refractivity contribution in [2.45, 2.75) is 32.9 Å². The zero-order valence-electron chi connectivity index (χ0n) is 10.8. The average Bonchev–Trinajstić information content (AvgIpc) is 2.89. The summed E-state index contributed by atoms with van der Waals surface area (Å²) in [5.41, 5.74) is 4.27. The molecule has 0 spiro atoms. The van der Waals surface area contributed by atoms with Crippen LogP contribution >= 0.6 is 11.3 Å². The number of hydrogen-bond acceptors (Lipinski definition) is 3. The Kier molecular flexibility index (Phi) is 4.93. The Balaban J connectivity index is 1.79. The van der Waals surface area contributed by atoms with Crippen LogP contribution in [-0.4, -0.2) is 0 Å². The number of hydroxylamine groups is 1. The van der Waals surface area contributed by atoms with Gasteiger partial charge in [-0.15, -0.1) is 11.3 Å². The van der Waals surface area contributed by atoms with Gasteiger partial charge in [-0.2, -0.15) is 5.48 Å². The standard InChI is InChI=1S/C15H19NOS/c1-3-14-9-10-15(18-14)12(2)16-17-11-13-7-5-4-6-8-13/h4-10,12,16H,3,11H2,1-2H3. The largest absolute Gasteiger partial charge is 0.296 e. The van der Waals surface area contributed by atoms with Crippen molar-refractivity contribution in [3.8, 4) is 0 Å². The van der Waals surface area contributed by atoms with Crippen molar-refractivity contribution >= 4 is 11.3 Å². The van der Waals surface area contributed by atoms with E-state index in [0.717, 1.165) is 6.42 Å². The van der Waals surface area contributed by atoms with E-state index in [1.807, 2.05) is 29.5 Å². The van der Waals surface area contributed by atoms with Gasteiger partial charge >= 0.3 is 0 Å². The summed E-state index contributed by atoms with van der Waals surface area (Å²) in [5, 5.41) is 0. The van der Waals surface area contributed by atoms with Crippen molar-refractivity contribution in [2.75, 3.05) is 0 Å². The minimum absolute atomic E-state index is 0.235. The van der Waals surface area contributed by atoms with E-state index in [1.165, 1.54) is 15.3 Å². The molecule has 0 saturated heterocycles. The summed E-state index contributed by atoms with van der Waals surface area (Å²) in [6, 6.07) is 14.8. The highest BCUT2D eigenvalue weighted by Gasteiger charge is 2.07. The second kappa shape index (κ2) is 6.69. The first-order valence-corrected chi connectivity index (χ1v) is 7.11. The molecule has 1 aromatic heterocycles. The van der Waals surface area contributed by atoms with Crippen molar-refractivity contribution in [1.29, 1.82) is 0 Å². The second-order valence-corrected chi connectivity index (χ2v) is 5.47. The van der Waals surface area contributed by atoms with E-state index in [2.05, 4.69) is 43.6 Å². The lowest BCUT2D eigenvalue weighted by molar-refractivity contribution is 0.00771. The van der Waals surface area contributed by atoms with Crippen LogP contribution in [0.2, 0.25) is 0 Å². The molecule has 0 radical (unpaired) electrons. The Morgan fingerprint density at radius 3 is 2.61 bits per heavy atom. The van der Waals surface area contributed by atoms with Gasteiger partial charge in [0.2, 0.25) is 0 Å². The molecule has 2 nitrogen and oxygen atoms in total. The molecule has 0 fully saturated rings. The molecule has 1 aromatic carbocycles. The molecule has 2 aromatic rings. The Labute approximate surface area is 113 Å². The van der Waals surface area contributed by atoms with Gasteiger partial charge in [0.05, 0.1) is 12.6 Å². The summed E-state index contributed by atoms with van der Waals surface area (Å²) in [7, 11) is 0. The van der Waals surface area contributed by atoms with Crippen LogP contribution in [0, 0.1) is 0 Å². The fourth-order valence-electron chi connectivity index (χ4n) is 1.70. The summed E-state index contributed by atoms with van der Waals surface area (Å²) < 4.78 is 0. The van der Waals surface area contributed by atoms with E-state index in [4.69, 9.17) is 4.84 Å². The molecule has 0 aliphatic rings. The Morgan fingerprint density at radius 1 is 1.17 bits per heavy atom. The molecule has 1 atom stereocenters. The zero-order valence-corrected chi connectivity index (χ0v) is 11.7. The Morgan fingerprint density at radius 2 is 1.94 bits per heavy atom. The van der Waals surface area contributed by atoms with E-state index < -0.39 is 0 Å². The molecule has 1 N–H and O–H groups in total. The first-order chi connectivity index (χ1) is 8.79. The third-order valence-electron chi connectivity index (χ3n) is 2.80. The fourth-order valence-corrected chi connectivity index (χ4v) is 2.64. The predicted molar refractivity (Wildman–Crippen MR) is 76.5 cm³/mol. The zero-order chi connectivity index (χ0) is 12.8. The van der Waals surface area contributed by atoms with Gasteiger partial charge in [-0.3, -0.25) is 4.84 Å². The number of benzene rings is 1. The van der Waals surface area contributed by atoms with Gasteiger partial charge in [0, 0.05) is 9.75 Å². The van der Waals surface area contributed by atoms with Crippen molar-refractivity contribution in [3.63, 3.8) is 0 Å². The van der Waals surface area contributed by atoms with Crippen molar-refractivity contribution < 1.29 is 4.84 Å². The predicted octanol–water partition coefficient (Wildman–Crippen LogP) is 4.09. The number of rotatable bonds is 6. The van der Waals surface area contributed by atoms with Crippen molar-refractivity contribution in [1.82, 2.24) is 5.48 Å². The molecule has 18 heavy (non-hydrogen) atoms. The molecule has 0 amide bonds. The molecule has 0 saturated carbocycles. The quantitative estimate of drug-likeness (QED) is 0.791. The van der Waals surface area contributed by atoms with Crippen molar-refractivity contribution in [3.05, 3.63) is 57.8 Å². The lowest BCUT2D eigenvalue weighted by Gasteiger charge is -2.12. The van der Waals surface area contributed by atoms with E-state index in [1.54, 1.807) is 0 Å². The highest BCUT2D eigenvalue weighted by atomic mass is 32.1. The molecule has 0 bridgehead atoms. The summed E-state index contributed by atoms with van der Waals surface area (Å²) in [6.07, 6.45) is 1.10. The monoisotopic (exact) mass is 261 g/mol. The van der Waals surface area contributed by atoms with Gasteiger partial charge in [-0.25, -0.2) is 0 Å². The van der Waals surface area contributed by atoms with Crippen LogP contribution in [0.5, 0.6) is 0 Å². The lowest BCUT2D eigenvalue weighted by Crippen LogP contribution is -2.18. The number of nitrogens with one attached hydrogen (secondary N) is 1. The first kappa shape index (κ1) is 13.3. The maximum Gasteiger partial charge on any atom is 0.0933 e. The number of aryl methyl sites for hydroxylation is 1. The minimum atomic E-state index is 0.235.